The summed E-state index contributed by atoms with van der Waals surface area (Å²) in [4.78, 5) is 11.0. The molecule has 0 radical (unpaired) electrons. The average molecular weight is 241 g/mol. The second-order valence-corrected chi connectivity index (χ2v) is 3.41. The van der Waals surface area contributed by atoms with E-state index >= 15 is 0 Å². The molecule has 1 aromatic carbocycles. The van der Waals surface area contributed by atoms with Crippen LogP contribution in [0, 0.1) is 5.82 Å². The van der Waals surface area contributed by atoms with Gasteiger partial charge < -0.3 is 21.5 Å². The predicted molar refractivity (Wildman–Crippen MR) is 64.3 cm³/mol. The molecule has 94 valence electrons. The molecule has 5 nitrogen and oxygen atoms in total. The van der Waals surface area contributed by atoms with Gasteiger partial charge in [-0.3, -0.25) is 4.79 Å². The second kappa shape index (κ2) is 6.05. The van der Waals surface area contributed by atoms with Crippen molar-refractivity contribution in [3.63, 3.8) is 0 Å². The lowest BCUT2D eigenvalue weighted by Crippen LogP contribution is -2.16. The number of rotatable bonds is 6. The highest BCUT2D eigenvalue weighted by atomic mass is 19.1. The summed E-state index contributed by atoms with van der Waals surface area (Å²) >= 11 is 0. The Balaban J connectivity index is 2.77. The van der Waals surface area contributed by atoms with Gasteiger partial charge in [-0.25, -0.2) is 4.39 Å². The van der Waals surface area contributed by atoms with E-state index in [1.807, 2.05) is 6.92 Å². The molecule has 0 unspecified atom stereocenters. The average Bonchev–Trinajstić information content (AvgIpc) is 2.26. The zero-order valence-corrected chi connectivity index (χ0v) is 9.63. The van der Waals surface area contributed by atoms with Crippen LogP contribution in [0.2, 0.25) is 0 Å². The predicted octanol–water partition coefficient (Wildman–Crippen LogP) is 0.955. The third-order valence-corrected chi connectivity index (χ3v) is 2.17. The summed E-state index contributed by atoms with van der Waals surface area (Å²) in [6.45, 7) is 3.35. The van der Waals surface area contributed by atoms with Crippen molar-refractivity contribution in [3.8, 4) is 0 Å². The number of carbonyl (C=O) groups is 1. The molecule has 0 saturated heterocycles. The lowest BCUT2D eigenvalue weighted by molar-refractivity contribution is 0.100. The standard InChI is InChI=1S/C11H16FN3O2/c1-2-17-4-3-15-10-5-7(11(14)16)9(13)6-8(10)12/h5-6,15H,2-4,13H2,1H3,(H2,14,16). The second-order valence-electron chi connectivity index (χ2n) is 3.41. The first-order chi connectivity index (χ1) is 8.06. The highest BCUT2D eigenvalue weighted by molar-refractivity contribution is 5.99. The summed E-state index contributed by atoms with van der Waals surface area (Å²) in [5.74, 6) is -1.21. The third kappa shape index (κ3) is 3.60. The molecule has 0 atom stereocenters. The molecule has 0 aromatic heterocycles. The van der Waals surface area contributed by atoms with Gasteiger partial charge in [-0.15, -0.1) is 0 Å². The van der Waals surface area contributed by atoms with E-state index in [1.165, 1.54) is 6.07 Å². The number of benzene rings is 1. The summed E-state index contributed by atoms with van der Waals surface area (Å²) in [7, 11) is 0. The Labute approximate surface area is 98.9 Å². The van der Waals surface area contributed by atoms with E-state index in [0.29, 0.717) is 19.8 Å². The molecule has 0 bridgehead atoms. The number of nitrogen functional groups attached to an aromatic ring is 1. The van der Waals surface area contributed by atoms with Crippen LogP contribution >= 0.6 is 0 Å². The van der Waals surface area contributed by atoms with Gasteiger partial charge in [0.15, 0.2) is 0 Å². The highest BCUT2D eigenvalue weighted by Gasteiger charge is 2.11. The fourth-order valence-corrected chi connectivity index (χ4v) is 1.34. The molecule has 0 aliphatic carbocycles. The van der Waals surface area contributed by atoms with Gasteiger partial charge in [-0.05, 0) is 19.1 Å². The van der Waals surface area contributed by atoms with Crippen LogP contribution in [-0.2, 0) is 4.74 Å². The number of amides is 1. The van der Waals surface area contributed by atoms with Crippen LogP contribution in [0.25, 0.3) is 0 Å². The summed E-state index contributed by atoms with van der Waals surface area (Å²) in [6.07, 6.45) is 0. The van der Waals surface area contributed by atoms with Crippen LogP contribution in [0.3, 0.4) is 0 Å². The van der Waals surface area contributed by atoms with E-state index in [4.69, 9.17) is 16.2 Å². The highest BCUT2D eigenvalue weighted by Crippen LogP contribution is 2.21. The number of carbonyl (C=O) groups excluding carboxylic acids is 1. The topological polar surface area (TPSA) is 90.4 Å². The van der Waals surface area contributed by atoms with Crippen LogP contribution in [0.15, 0.2) is 12.1 Å². The number of hydrogen-bond acceptors (Lipinski definition) is 4. The lowest BCUT2D eigenvalue weighted by Gasteiger charge is -2.10. The summed E-state index contributed by atoms with van der Waals surface area (Å²) in [6, 6.07) is 2.38. The molecule has 0 heterocycles. The molecule has 17 heavy (non-hydrogen) atoms. The minimum atomic E-state index is -0.685. The van der Waals surface area contributed by atoms with Crippen LogP contribution in [0.4, 0.5) is 15.8 Å². The zero-order chi connectivity index (χ0) is 12.8. The van der Waals surface area contributed by atoms with Crippen molar-refractivity contribution in [2.75, 3.05) is 30.8 Å². The maximum absolute atomic E-state index is 13.5. The summed E-state index contributed by atoms with van der Waals surface area (Å²) < 4.78 is 18.6. The number of hydrogen-bond donors (Lipinski definition) is 3. The summed E-state index contributed by atoms with van der Waals surface area (Å²) in [5.41, 5.74) is 10.9. The molecule has 1 rings (SSSR count). The minimum absolute atomic E-state index is 0.0327. The summed E-state index contributed by atoms with van der Waals surface area (Å²) in [5, 5.41) is 2.81. The quantitative estimate of drug-likeness (QED) is 0.511. The van der Waals surface area contributed by atoms with Gasteiger partial charge in [0, 0.05) is 18.8 Å². The fraction of sp³-hybridized carbons (Fsp3) is 0.364. The molecule has 1 amide bonds. The molecule has 6 heteroatoms. The zero-order valence-electron chi connectivity index (χ0n) is 9.63. The van der Waals surface area contributed by atoms with Crippen LogP contribution in [0.5, 0.6) is 0 Å². The van der Waals surface area contributed by atoms with Gasteiger partial charge in [0.05, 0.1) is 17.9 Å². The molecule has 0 saturated carbocycles. The van der Waals surface area contributed by atoms with E-state index in [1.54, 1.807) is 0 Å². The molecule has 0 fully saturated rings. The van der Waals surface area contributed by atoms with Gasteiger partial charge in [0.1, 0.15) is 5.82 Å². The first-order valence-corrected chi connectivity index (χ1v) is 5.26. The first-order valence-electron chi connectivity index (χ1n) is 5.26. The van der Waals surface area contributed by atoms with Crippen molar-refractivity contribution in [2.45, 2.75) is 6.92 Å². The molecule has 0 aliphatic heterocycles. The minimum Gasteiger partial charge on any atom is -0.398 e. The molecule has 0 aliphatic rings. The van der Waals surface area contributed by atoms with Gasteiger partial charge in [-0.2, -0.15) is 0 Å². The Morgan fingerprint density at radius 1 is 1.53 bits per heavy atom. The van der Waals surface area contributed by atoms with Gasteiger partial charge in [-0.1, -0.05) is 0 Å². The number of nitrogens with two attached hydrogens (primary N) is 2. The van der Waals surface area contributed by atoms with Crippen LogP contribution < -0.4 is 16.8 Å². The van der Waals surface area contributed by atoms with Crippen LogP contribution in [0.1, 0.15) is 17.3 Å². The fourth-order valence-electron chi connectivity index (χ4n) is 1.34. The largest absolute Gasteiger partial charge is 0.398 e. The molecule has 5 N–H and O–H groups in total. The number of primary amides is 1. The van der Waals surface area contributed by atoms with E-state index < -0.39 is 11.7 Å². The van der Waals surface area contributed by atoms with Gasteiger partial charge in [0.2, 0.25) is 0 Å². The first kappa shape index (κ1) is 13.2. The third-order valence-electron chi connectivity index (χ3n) is 2.17. The van der Waals surface area contributed by atoms with Crippen molar-refractivity contribution in [1.82, 2.24) is 0 Å². The lowest BCUT2D eigenvalue weighted by atomic mass is 10.1. The molecule has 1 aromatic rings. The number of nitrogens with one attached hydrogen (secondary N) is 1. The molecule has 0 spiro atoms. The number of ether oxygens (including phenoxy) is 1. The Bertz CT molecular complexity index is 410. The van der Waals surface area contributed by atoms with Crippen LogP contribution in [-0.4, -0.2) is 25.7 Å². The maximum Gasteiger partial charge on any atom is 0.250 e. The Morgan fingerprint density at radius 2 is 2.24 bits per heavy atom. The number of halogens is 1. The Kier molecular flexibility index (Phi) is 4.71. The van der Waals surface area contributed by atoms with E-state index in [2.05, 4.69) is 5.32 Å². The Hall–Kier alpha value is -1.82. The molecular weight excluding hydrogens is 225 g/mol. The van der Waals surface area contributed by atoms with E-state index in [-0.39, 0.29) is 16.9 Å². The smallest absolute Gasteiger partial charge is 0.250 e. The van der Waals surface area contributed by atoms with Crippen molar-refractivity contribution >= 4 is 17.3 Å². The maximum atomic E-state index is 13.5. The van der Waals surface area contributed by atoms with Crippen molar-refractivity contribution in [2.24, 2.45) is 5.73 Å². The monoisotopic (exact) mass is 241 g/mol. The van der Waals surface area contributed by atoms with Crippen molar-refractivity contribution in [3.05, 3.63) is 23.5 Å². The van der Waals surface area contributed by atoms with Gasteiger partial charge in [0.25, 0.3) is 5.91 Å². The normalized spacial score (nSPS) is 10.2. The van der Waals surface area contributed by atoms with Gasteiger partial charge >= 0.3 is 0 Å². The van der Waals surface area contributed by atoms with E-state index in [0.717, 1.165) is 6.07 Å². The van der Waals surface area contributed by atoms with E-state index in [9.17, 15) is 9.18 Å². The molecular formula is C11H16FN3O2. The SMILES string of the molecule is CCOCCNc1cc(C(N)=O)c(N)cc1F. The Morgan fingerprint density at radius 3 is 2.82 bits per heavy atom. The van der Waals surface area contributed by atoms with Crippen molar-refractivity contribution in [1.29, 1.82) is 0 Å². The van der Waals surface area contributed by atoms with Crippen molar-refractivity contribution < 1.29 is 13.9 Å². The number of anilines is 2.